The SMILES string of the molecule is CN(OCc1ccccc1)S(=O)(=O)CCCCCCNC(=N)Nc1ccncc1. The first-order valence-corrected chi connectivity index (χ1v) is 11.2. The number of benzene rings is 1. The molecule has 158 valence electrons. The van der Waals surface area contributed by atoms with Gasteiger partial charge in [-0.25, -0.2) is 8.42 Å². The number of unbranched alkanes of at least 4 members (excludes halogenated alkanes) is 3. The Kier molecular flexibility index (Phi) is 9.55. The van der Waals surface area contributed by atoms with Crippen molar-refractivity contribution in [3.05, 3.63) is 60.4 Å². The van der Waals surface area contributed by atoms with Crippen LogP contribution in [0, 0.1) is 5.41 Å². The van der Waals surface area contributed by atoms with Crippen LogP contribution in [0.4, 0.5) is 5.69 Å². The quantitative estimate of drug-likeness (QED) is 0.211. The van der Waals surface area contributed by atoms with Gasteiger partial charge in [0.15, 0.2) is 5.96 Å². The van der Waals surface area contributed by atoms with Gasteiger partial charge >= 0.3 is 0 Å². The third-order valence-corrected chi connectivity index (χ3v) is 5.92. The van der Waals surface area contributed by atoms with Gasteiger partial charge in [-0.2, -0.15) is 0 Å². The highest BCUT2D eigenvalue weighted by Gasteiger charge is 2.18. The predicted molar refractivity (Wildman–Crippen MR) is 115 cm³/mol. The highest BCUT2D eigenvalue weighted by molar-refractivity contribution is 7.88. The van der Waals surface area contributed by atoms with Gasteiger partial charge in [0.25, 0.3) is 0 Å². The summed E-state index contributed by atoms with van der Waals surface area (Å²) in [7, 11) is -1.99. The van der Waals surface area contributed by atoms with E-state index in [1.165, 1.54) is 7.05 Å². The number of hydrogen-bond acceptors (Lipinski definition) is 5. The second-order valence-corrected chi connectivity index (χ2v) is 8.65. The fourth-order valence-corrected chi connectivity index (χ4v) is 3.59. The van der Waals surface area contributed by atoms with E-state index in [1.807, 2.05) is 30.3 Å². The third-order valence-electron chi connectivity index (χ3n) is 4.23. The zero-order valence-electron chi connectivity index (χ0n) is 16.7. The molecule has 8 nitrogen and oxygen atoms in total. The highest BCUT2D eigenvalue weighted by atomic mass is 32.2. The molecule has 1 aromatic heterocycles. The van der Waals surface area contributed by atoms with Crippen LogP contribution in [-0.2, 0) is 21.5 Å². The Morgan fingerprint density at radius 1 is 1.07 bits per heavy atom. The number of aromatic nitrogens is 1. The number of guanidine groups is 1. The van der Waals surface area contributed by atoms with Gasteiger partial charge in [0.05, 0.1) is 12.4 Å². The molecule has 0 aliphatic rings. The number of nitrogens with one attached hydrogen (secondary N) is 3. The highest BCUT2D eigenvalue weighted by Crippen LogP contribution is 2.09. The van der Waals surface area contributed by atoms with Crippen molar-refractivity contribution in [2.24, 2.45) is 0 Å². The van der Waals surface area contributed by atoms with Gasteiger partial charge in [-0.1, -0.05) is 47.6 Å². The molecule has 0 saturated heterocycles. The maximum atomic E-state index is 12.3. The largest absolute Gasteiger partial charge is 0.356 e. The molecule has 9 heteroatoms. The van der Waals surface area contributed by atoms with Crippen molar-refractivity contribution < 1.29 is 13.3 Å². The maximum Gasteiger partial charge on any atom is 0.235 e. The number of nitrogens with zero attached hydrogens (tertiary/aromatic N) is 2. The maximum absolute atomic E-state index is 12.3. The van der Waals surface area contributed by atoms with Crippen LogP contribution in [0.15, 0.2) is 54.9 Å². The molecule has 0 fully saturated rings. The average Bonchev–Trinajstić information content (AvgIpc) is 2.72. The van der Waals surface area contributed by atoms with Crippen molar-refractivity contribution in [1.29, 1.82) is 5.41 Å². The molecule has 0 spiro atoms. The van der Waals surface area contributed by atoms with E-state index in [0.29, 0.717) is 13.0 Å². The van der Waals surface area contributed by atoms with Crippen molar-refractivity contribution in [1.82, 2.24) is 14.8 Å². The molecule has 2 aromatic rings. The summed E-state index contributed by atoms with van der Waals surface area (Å²) in [6, 6.07) is 13.0. The van der Waals surface area contributed by atoms with Crippen LogP contribution in [0.25, 0.3) is 0 Å². The van der Waals surface area contributed by atoms with Crippen LogP contribution in [0.2, 0.25) is 0 Å². The van der Waals surface area contributed by atoms with Gasteiger partial charge in [-0.15, -0.1) is 0 Å². The summed E-state index contributed by atoms with van der Waals surface area (Å²) in [6.45, 7) is 0.880. The summed E-state index contributed by atoms with van der Waals surface area (Å²) in [5, 5.41) is 13.8. The van der Waals surface area contributed by atoms with Crippen LogP contribution < -0.4 is 10.6 Å². The summed E-state index contributed by atoms with van der Waals surface area (Å²) in [5.41, 5.74) is 1.73. The average molecular weight is 420 g/mol. The normalized spacial score (nSPS) is 11.4. The van der Waals surface area contributed by atoms with Gasteiger partial charge in [-0.3, -0.25) is 15.2 Å². The number of hydroxylamine groups is 1. The molecule has 3 N–H and O–H groups in total. The van der Waals surface area contributed by atoms with Gasteiger partial charge in [-0.05, 0) is 30.5 Å². The molecular formula is C20H29N5O3S. The van der Waals surface area contributed by atoms with Crippen molar-refractivity contribution >= 4 is 21.7 Å². The molecule has 0 aliphatic carbocycles. The molecule has 0 unspecified atom stereocenters. The van der Waals surface area contributed by atoms with Crippen LogP contribution >= 0.6 is 0 Å². The first-order chi connectivity index (χ1) is 14.0. The summed E-state index contributed by atoms with van der Waals surface area (Å²) < 4.78 is 25.5. The minimum absolute atomic E-state index is 0.0607. The Morgan fingerprint density at radius 2 is 1.76 bits per heavy atom. The Labute approximate surface area is 172 Å². The van der Waals surface area contributed by atoms with E-state index in [4.69, 9.17) is 10.2 Å². The predicted octanol–water partition coefficient (Wildman–Crippen LogP) is 2.97. The van der Waals surface area contributed by atoms with Crippen molar-refractivity contribution in [3.8, 4) is 0 Å². The van der Waals surface area contributed by atoms with Gasteiger partial charge in [0.2, 0.25) is 10.0 Å². The summed E-state index contributed by atoms with van der Waals surface area (Å²) in [5.74, 6) is 0.293. The monoisotopic (exact) mass is 419 g/mol. The lowest BCUT2D eigenvalue weighted by Crippen LogP contribution is -2.30. The van der Waals surface area contributed by atoms with E-state index < -0.39 is 10.0 Å². The first kappa shape index (κ1) is 22.8. The molecule has 1 aromatic carbocycles. The lowest BCUT2D eigenvalue weighted by Gasteiger charge is -2.17. The van der Waals surface area contributed by atoms with E-state index in [0.717, 1.165) is 35.0 Å². The lowest BCUT2D eigenvalue weighted by atomic mass is 10.2. The van der Waals surface area contributed by atoms with Crippen LogP contribution in [0.5, 0.6) is 0 Å². The lowest BCUT2D eigenvalue weighted by molar-refractivity contribution is -0.0769. The van der Waals surface area contributed by atoms with E-state index in [1.54, 1.807) is 24.5 Å². The Bertz CT molecular complexity index is 832. The van der Waals surface area contributed by atoms with Crippen molar-refractivity contribution in [2.75, 3.05) is 24.7 Å². The molecule has 0 bridgehead atoms. The van der Waals surface area contributed by atoms with Crippen molar-refractivity contribution in [3.63, 3.8) is 0 Å². The Hall–Kier alpha value is -2.49. The standard InChI is InChI=1S/C20H29N5O3S/c1-25(28-17-18-9-5-4-6-10-18)29(26,27)16-8-3-2-7-13-23-20(21)24-19-11-14-22-15-12-19/h4-6,9-12,14-15H,2-3,7-8,13,16-17H2,1H3,(H3,21,22,23,24). The molecule has 1 heterocycles. The fourth-order valence-electron chi connectivity index (χ4n) is 2.55. The molecule has 0 atom stereocenters. The molecule has 0 saturated carbocycles. The van der Waals surface area contributed by atoms with E-state index in [2.05, 4.69) is 15.6 Å². The van der Waals surface area contributed by atoms with Crippen molar-refractivity contribution in [2.45, 2.75) is 32.3 Å². The molecule has 0 amide bonds. The van der Waals surface area contributed by atoms with Gasteiger partial charge < -0.3 is 10.6 Å². The Balaban J connectivity index is 1.54. The second-order valence-electron chi connectivity index (χ2n) is 6.56. The fraction of sp³-hybridized carbons (Fsp3) is 0.400. The third kappa shape index (κ3) is 9.03. The van der Waals surface area contributed by atoms with E-state index in [9.17, 15) is 8.42 Å². The zero-order chi connectivity index (χ0) is 21.0. The zero-order valence-corrected chi connectivity index (χ0v) is 17.5. The van der Waals surface area contributed by atoms with Crippen LogP contribution in [-0.4, -0.2) is 43.2 Å². The summed E-state index contributed by atoms with van der Waals surface area (Å²) in [6.07, 6.45) is 6.45. The molecule has 0 radical (unpaired) electrons. The van der Waals surface area contributed by atoms with E-state index >= 15 is 0 Å². The topological polar surface area (TPSA) is 107 Å². The number of sulfonamides is 1. The van der Waals surface area contributed by atoms with Gasteiger partial charge in [0, 0.05) is 31.7 Å². The minimum atomic E-state index is -3.42. The number of pyridine rings is 1. The Morgan fingerprint density at radius 3 is 2.48 bits per heavy atom. The number of hydrogen-bond donors (Lipinski definition) is 3. The van der Waals surface area contributed by atoms with Gasteiger partial charge in [0.1, 0.15) is 0 Å². The smallest absolute Gasteiger partial charge is 0.235 e. The molecule has 0 aliphatic heterocycles. The van der Waals surface area contributed by atoms with E-state index in [-0.39, 0.29) is 18.3 Å². The second kappa shape index (κ2) is 12.2. The molecule has 29 heavy (non-hydrogen) atoms. The summed E-state index contributed by atoms with van der Waals surface area (Å²) in [4.78, 5) is 9.29. The summed E-state index contributed by atoms with van der Waals surface area (Å²) >= 11 is 0. The van der Waals surface area contributed by atoms with Crippen LogP contribution in [0.1, 0.15) is 31.2 Å². The molecular weight excluding hydrogens is 390 g/mol. The molecule has 2 rings (SSSR count). The first-order valence-electron chi connectivity index (χ1n) is 9.60. The van der Waals surface area contributed by atoms with Crippen LogP contribution in [0.3, 0.4) is 0 Å². The number of rotatable bonds is 12. The number of anilines is 1. The minimum Gasteiger partial charge on any atom is -0.356 e.